The van der Waals surface area contributed by atoms with Crippen LogP contribution in [-0.4, -0.2) is 44.9 Å². The van der Waals surface area contributed by atoms with Crippen LogP contribution in [0.1, 0.15) is 32.3 Å². The Balaban J connectivity index is 2.21. The monoisotopic (exact) mass is 309 g/mol. The van der Waals surface area contributed by atoms with E-state index in [1.54, 1.807) is 12.1 Å². The van der Waals surface area contributed by atoms with E-state index in [2.05, 4.69) is 18.7 Å². The fourth-order valence-electron chi connectivity index (χ4n) is 2.25. The molecule has 0 radical (unpaired) electrons. The van der Waals surface area contributed by atoms with Crippen molar-refractivity contribution in [1.29, 1.82) is 0 Å². The number of methoxy groups -OCH3 is 1. The fourth-order valence-corrected chi connectivity index (χ4v) is 2.25. The van der Waals surface area contributed by atoms with Crippen molar-refractivity contribution in [2.75, 3.05) is 40.0 Å². The highest BCUT2D eigenvalue weighted by Crippen LogP contribution is 2.18. The maximum Gasteiger partial charge on any atom is 0.165 e. The highest BCUT2D eigenvalue weighted by molar-refractivity contribution is 5.52. The summed E-state index contributed by atoms with van der Waals surface area (Å²) < 4.78 is 23.8. The SMILES string of the molecule is CCCN(CC)CCCOC/C=C/c1ccc(F)c(OC)c1. The number of rotatable bonds is 11. The molecule has 0 bridgehead atoms. The lowest BCUT2D eigenvalue weighted by atomic mass is 10.2. The van der Waals surface area contributed by atoms with E-state index in [1.165, 1.54) is 19.6 Å². The van der Waals surface area contributed by atoms with E-state index < -0.39 is 0 Å². The van der Waals surface area contributed by atoms with Gasteiger partial charge in [-0.15, -0.1) is 0 Å². The summed E-state index contributed by atoms with van der Waals surface area (Å²) in [5.41, 5.74) is 0.905. The van der Waals surface area contributed by atoms with Gasteiger partial charge in [-0.25, -0.2) is 4.39 Å². The number of ether oxygens (including phenoxy) is 2. The molecule has 0 aliphatic carbocycles. The van der Waals surface area contributed by atoms with Crippen LogP contribution in [0.3, 0.4) is 0 Å². The predicted molar refractivity (Wildman–Crippen MR) is 89.8 cm³/mol. The Morgan fingerprint density at radius 2 is 2.05 bits per heavy atom. The van der Waals surface area contributed by atoms with Gasteiger partial charge in [-0.1, -0.05) is 32.1 Å². The summed E-state index contributed by atoms with van der Waals surface area (Å²) in [5, 5.41) is 0. The minimum absolute atomic E-state index is 0.263. The van der Waals surface area contributed by atoms with Crippen LogP contribution in [0.4, 0.5) is 4.39 Å². The number of hydrogen-bond donors (Lipinski definition) is 0. The standard InChI is InChI=1S/C18H28FNO2/c1-4-11-20(5-2)12-7-14-22-13-6-8-16-9-10-17(19)18(15-16)21-3/h6,8-10,15H,4-5,7,11-14H2,1-3H3/b8-6+. The van der Waals surface area contributed by atoms with Crippen molar-refractivity contribution in [1.82, 2.24) is 4.90 Å². The fraction of sp³-hybridized carbons (Fsp3) is 0.556. The number of nitrogens with zero attached hydrogens (tertiary/aromatic N) is 1. The van der Waals surface area contributed by atoms with Crippen LogP contribution in [0.25, 0.3) is 6.08 Å². The highest BCUT2D eigenvalue weighted by Gasteiger charge is 2.01. The van der Waals surface area contributed by atoms with Crippen LogP contribution in [0.15, 0.2) is 24.3 Å². The number of halogens is 1. The topological polar surface area (TPSA) is 21.7 Å². The van der Waals surface area contributed by atoms with Crippen molar-refractivity contribution >= 4 is 6.08 Å². The molecule has 1 aromatic carbocycles. The Bertz CT molecular complexity index is 449. The molecule has 3 nitrogen and oxygen atoms in total. The number of benzene rings is 1. The summed E-state index contributed by atoms with van der Waals surface area (Å²) in [7, 11) is 1.47. The van der Waals surface area contributed by atoms with E-state index in [-0.39, 0.29) is 11.6 Å². The van der Waals surface area contributed by atoms with Crippen LogP contribution in [0, 0.1) is 5.82 Å². The maximum absolute atomic E-state index is 13.3. The van der Waals surface area contributed by atoms with Gasteiger partial charge < -0.3 is 14.4 Å². The molecule has 1 rings (SSSR count). The average Bonchev–Trinajstić information content (AvgIpc) is 2.54. The summed E-state index contributed by atoms with van der Waals surface area (Å²) in [4.78, 5) is 2.43. The van der Waals surface area contributed by atoms with Crippen LogP contribution in [0.5, 0.6) is 5.75 Å². The second kappa shape index (κ2) is 11.2. The molecular formula is C18H28FNO2. The molecule has 22 heavy (non-hydrogen) atoms. The van der Waals surface area contributed by atoms with E-state index in [9.17, 15) is 4.39 Å². The summed E-state index contributed by atoms with van der Waals surface area (Å²) in [6, 6.07) is 4.81. The van der Waals surface area contributed by atoms with Crippen molar-refractivity contribution in [3.63, 3.8) is 0 Å². The van der Waals surface area contributed by atoms with Gasteiger partial charge in [-0.2, -0.15) is 0 Å². The molecule has 0 aliphatic heterocycles. The zero-order chi connectivity index (χ0) is 16.2. The van der Waals surface area contributed by atoms with Gasteiger partial charge in [0.05, 0.1) is 13.7 Å². The zero-order valence-corrected chi connectivity index (χ0v) is 14.0. The first-order valence-corrected chi connectivity index (χ1v) is 8.01. The largest absolute Gasteiger partial charge is 0.494 e. The van der Waals surface area contributed by atoms with Crippen molar-refractivity contribution in [3.8, 4) is 5.75 Å². The van der Waals surface area contributed by atoms with E-state index in [0.717, 1.165) is 38.2 Å². The maximum atomic E-state index is 13.3. The van der Waals surface area contributed by atoms with E-state index >= 15 is 0 Å². The van der Waals surface area contributed by atoms with Gasteiger partial charge in [-0.3, -0.25) is 0 Å². The lowest BCUT2D eigenvalue weighted by Gasteiger charge is -2.18. The predicted octanol–water partition coefficient (Wildman–Crippen LogP) is 3.99. The molecule has 0 saturated carbocycles. The zero-order valence-electron chi connectivity index (χ0n) is 14.0. The summed E-state index contributed by atoms with van der Waals surface area (Å²) in [6.07, 6.45) is 6.10. The van der Waals surface area contributed by atoms with Crippen LogP contribution in [-0.2, 0) is 4.74 Å². The van der Waals surface area contributed by atoms with Gasteiger partial charge in [0, 0.05) is 13.2 Å². The Morgan fingerprint density at radius 3 is 2.73 bits per heavy atom. The van der Waals surface area contributed by atoms with Crippen molar-refractivity contribution in [2.45, 2.75) is 26.7 Å². The molecule has 0 spiro atoms. The Hall–Kier alpha value is -1.39. The van der Waals surface area contributed by atoms with Gasteiger partial charge in [-0.05, 0) is 43.6 Å². The van der Waals surface area contributed by atoms with Crippen molar-refractivity contribution < 1.29 is 13.9 Å². The second-order valence-electron chi connectivity index (χ2n) is 5.16. The molecule has 0 saturated heterocycles. The smallest absolute Gasteiger partial charge is 0.165 e. The van der Waals surface area contributed by atoms with Crippen LogP contribution in [0.2, 0.25) is 0 Å². The number of hydrogen-bond acceptors (Lipinski definition) is 3. The first-order valence-electron chi connectivity index (χ1n) is 8.01. The Kier molecular flexibility index (Phi) is 9.51. The normalized spacial score (nSPS) is 11.5. The first-order chi connectivity index (χ1) is 10.7. The molecule has 4 heteroatoms. The first kappa shape index (κ1) is 18.7. The van der Waals surface area contributed by atoms with Crippen molar-refractivity contribution in [2.24, 2.45) is 0 Å². The van der Waals surface area contributed by atoms with Crippen LogP contribution >= 0.6 is 0 Å². The molecule has 0 aliphatic rings. The Labute approximate surface area is 133 Å². The molecule has 0 amide bonds. The molecule has 0 N–H and O–H groups in total. The summed E-state index contributed by atoms with van der Waals surface area (Å²) in [6.45, 7) is 9.06. The van der Waals surface area contributed by atoms with Gasteiger partial charge in [0.2, 0.25) is 0 Å². The minimum atomic E-state index is -0.344. The van der Waals surface area contributed by atoms with Crippen molar-refractivity contribution in [3.05, 3.63) is 35.7 Å². The summed E-state index contributed by atoms with van der Waals surface area (Å²) >= 11 is 0. The molecule has 0 aromatic heterocycles. The average molecular weight is 309 g/mol. The van der Waals surface area contributed by atoms with E-state index in [4.69, 9.17) is 9.47 Å². The highest BCUT2D eigenvalue weighted by atomic mass is 19.1. The molecule has 0 fully saturated rings. The van der Waals surface area contributed by atoms with Gasteiger partial charge in [0.25, 0.3) is 0 Å². The minimum Gasteiger partial charge on any atom is -0.494 e. The van der Waals surface area contributed by atoms with E-state index in [0.29, 0.717) is 6.61 Å². The molecule has 0 heterocycles. The molecule has 124 valence electrons. The summed E-state index contributed by atoms with van der Waals surface area (Å²) in [5.74, 6) is -0.0814. The molecule has 0 unspecified atom stereocenters. The quantitative estimate of drug-likeness (QED) is 0.577. The third kappa shape index (κ3) is 7.05. The van der Waals surface area contributed by atoms with E-state index in [1.807, 2.05) is 12.2 Å². The van der Waals surface area contributed by atoms with Gasteiger partial charge >= 0.3 is 0 Å². The lowest BCUT2D eigenvalue weighted by molar-refractivity contribution is 0.145. The molecule has 0 atom stereocenters. The lowest BCUT2D eigenvalue weighted by Crippen LogP contribution is -2.26. The molecular weight excluding hydrogens is 281 g/mol. The third-order valence-electron chi connectivity index (χ3n) is 3.45. The van der Waals surface area contributed by atoms with Gasteiger partial charge in [0.15, 0.2) is 11.6 Å². The Morgan fingerprint density at radius 1 is 1.23 bits per heavy atom. The van der Waals surface area contributed by atoms with Gasteiger partial charge in [0.1, 0.15) is 0 Å². The third-order valence-corrected chi connectivity index (χ3v) is 3.45. The second-order valence-corrected chi connectivity index (χ2v) is 5.16. The molecule has 1 aromatic rings. The van der Waals surface area contributed by atoms with Crippen LogP contribution < -0.4 is 4.74 Å².